The van der Waals surface area contributed by atoms with Gasteiger partial charge in [0.05, 0.1) is 11.3 Å². The molecule has 1 amide bonds. The number of carboxylic acid groups (broad SMARTS) is 1. The Morgan fingerprint density at radius 1 is 1.24 bits per heavy atom. The fourth-order valence-corrected chi connectivity index (χ4v) is 2.78. The van der Waals surface area contributed by atoms with Gasteiger partial charge in [-0.1, -0.05) is 28.1 Å². The lowest BCUT2D eigenvalue weighted by atomic mass is 10.1. The Hall–Kier alpha value is -2.56. The summed E-state index contributed by atoms with van der Waals surface area (Å²) < 4.78 is 0.577. The van der Waals surface area contributed by atoms with Gasteiger partial charge in [0, 0.05) is 9.37 Å². The van der Waals surface area contributed by atoms with E-state index in [9.17, 15) is 20.0 Å². The fourth-order valence-electron chi connectivity index (χ4n) is 2.01. The van der Waals surface area contributed by atoms with Crippen LogP contribution in [0, 0.1) is 11.3 Å². The van der Waals surface area contributed by atoms with Gasteiger partial charge in [-0.15, -0.1) is 11.8 Å². The third-order valence-corrected chi connectivity index (χ3v) is 4.49. The van der Waals surface area contributed by atoms with Crippen molar-refractivity contribution in [1.82, 2.24) is 0 Å². The van der Waals surface area contributed by atoms with Gasteiger partial charge in [-0.2, -0.15) is 5.26 Å². The maximum atomic E-state index is 12.3. The average Bonchev–Trinajstić information content (AvgIpc) is 2.61. The van der Waals surface area contributed by atoms with Crippen molar-refractivity contribution in [3.63, 3.8) is 0 Å². The predicted molar refractivity (Wildman–Crippen MR) is 102 cm³/mol. The first-order chi connectivity index (χ1) is 11.9. The molecule has 0 aliphatic carbocycles. The van der Waals surface area contributed by atoms with Crippen LogP contribution < -0.4 is 5.32 Å². The number of benzene rings is 2. The molecule has 0 spiro atoms. The van der Waals surface area contributed by atoms with E-state index in [-0.39, 0.29) is 16.8 Å². The van der Waals surface area contributed by atoms with Crippen LogP contribution in [-0.2, 0) is 4.79 Å². The van der Waals surface area contributed by atoms with Crippen molar-refractivity contribution in [2.24, 2.45) is 0 Å². The number of rotatable bonds is 5. The lowest BCUT2D eigenvalue weighted by Crippen LogP contribution is -2.16. The lowest BCUT2D eigenvalue weighted by molar-refractivity contribution is -0.112. The number of thioether (sulfide) groups is 1. The topological polar surface area (TPSA) is 90.2 Å². The zero-order chi connectivity index (χ0) is 18.4. The number of carbonyl (C=O) groups excluding carboxylic acids is 1. The Bertz CT molecular complexity index is 886. The molecule has 2 N–H and O–H groups in total. The second-order valence-corrected chi connectivity index (χ2v) is 6.69. The Labute approximate surface area is 157 Å². The molecule has 0 heterocycles. The average molecular weight is 417 g/mol. The maximum Gasteiger partial charge on any atom is 0.337 e. The zero-order valence-corrected chi connectivity index (χ0v) is 15.5. The van der Waals surface area contributed by atoms with E-state index in [1.54, 1.807) is 30.0 Å². The number of amides is 1. The minimum absolute atomic E-state index is 0.0654. The van der Waals surface area contributed by atoms with Crippen LogP contribution in [0.2, 0.25) is 0 Å². The molecule has 0 saturated carbocycles. The molecule has 0 aliphatic heterocycles. The molecule has 0 bridgehead atoms. The number of hydrogen-bond donors (Lipinski definition) is 2. The molecule has 0 unspecified atom stereocenters. The van der Waals surface area contributed by atoms with E-state index < -0.39 is 11.9 Å². The number of hydrogen-bond acceptors (Lipinski definition) is 4. The highest BCUT2D eigenvalue weighted by Gasteiger charge is 2.15. The lowest BCUT2D eigenvalue weighted by Gasteiger charge is -2.08. The van der Waals surface area contributed by atoms with Gasteiger partial charge in [0.1, 0.15) is 11.6 Å². The van der Waals surface area contributed by atoms with Gasteiger partial charge in [-0.25, -0.2) is 4.79 Å². The summed E-state index contributed by atoms with van der Waals surface area (Å²) in [6.45, 7) is 0. The van der Waals surface area contributed by atoms with Crippen molar-refractivity contribution in [2.75, 3.05) is 11.6 Å². The first-order valence-corrected chi connectivity index (χ1v) is 9.06. The predicted octanol–water partition coefficient (Wildman–Crippen LogP) is 4.41. The van der Waals surface area contributed by atoms with E-state index in [2.05, 4.69) is 21.2 Å². The number of aromatic carboxylic acids is 1. The Kier molecular flexibility index (Phi) is 6.39. The fraction of sp³-hybridized carbons (Fsp3) is 0.0556. The second-order valence-electron chi connectivity index (χ2n) is 4.89. The van der Waals surface area contributed by atoms with E-state index >= 15 is 0 Å². The van der Waals surface area contributed by atoms with Crippen LogP contribution in [0.1, 0.15) is 15.9 Å². The van der Waals surface area contributed by atoms with Gasteiger partial charge in [-0.3, -0.25) is 4.79 Å². The van der Waals surface area contributed by atoms with Gasteiger partial charge >= 0.3 is 5.97 Å². The summed E-state index contributed by atoms with van der Waals surface area (Å²) in [5, 5.41) is 21.0. The Balaban J connectivity index is 2.27. The number of nitrogens with one attached hydrogen (secondary N) is 1. The molecule has 0 saturated heterocycles. The summed E-state index contributed by atoms with van der Waals surface area (Å²) in [7, 11) is 0. The molecule has 2 aromatic rings. The van der Waals surface area contributed by atoms with E-state index in [0.717, 1.165) is 4.90 Å². The molecule has 0 aliphatic rings. The first kappa shape index (κ1) is 18.8. The molecule has 25 heavy (non-hydrogen) atoms. The summed E-state index contributed by atoms with van der Waals surface area (Å²) in [5.74, 6) is -1.84. The van der Waals surface area contributed by atoms with Crippen molar-refractivity contribution in [3.05, 3.63) is 63.6 Å². The SMILES string of the molecule is CSc1ccc(/C=C(\C#N)C(=O)Nc2ccc(Br)cc2C(=O)O)cc1. The van der Waals surface area contributed by atoms with Crippen molar-refractivity contribution >= 4 is 51.3 Å². The minimum Gasteiger partial charge on any atom is -0.478 e. The molecule has 0 radical (unpaired) electrons. The molecule has 2 aromatic carbocycles. The largest absolute Gasteiger partial charge is 0.478 e. The van der Waals surface area contributed by atoms with Crippen LogP contribution in [0.3, 0.4) is 0 Å². The van der Waals surface area contributed by atoms with Crippen LogP contribution in [-0.4, -0.2) is 23.2 Å². The highest BCUT2D eigenvalue weighted by Crippen LogP contribution is 2.22. The molecule has 0 aromatic heterocycles. The van der Waals surface area contributed by atoms with E-state index in [1.807, 2.05) is 24.5 Å². The van der Waals surface area contributed by atoms with Gasteiger partial charge in [0.25, 0.3) is 5.91 Å². The van der Waals surface area contributed by atoms with E-state index in [4.69, 9.17) is 0 Å². The number of anilines is 1. The Morgan fingerprint density at radius 2 is 1.92 bits per heavy atom. The highest BCUT2D eigenvalue weighted by atomic mass is 79.9. The second kappa shape index (κ2) is 8.51. The summed E-state index contributed by atoms with van der Waals surface area (Å²) in [4.78, 5) is 24.7. The van der Waals surface area contributed by atoms with E-state index in [1.165, 1.54) is 18.2 Å². The standard InChI is InChI=1S/C18H13BrN2O3S/c1-25-14-5-2-11(3-6-14)8-12(10-20)17(22)21-16-7-4-13(19)9-15(16)18(23)24/h2-9H,1H3,(H,21,22)(H,23,24)/b12-8+. The summed E-state index contributed by atoms with van der Waals surface area (Å²) >= 11 is 4.78. The molecule has 7 heteroatoms. The van der Waals surface area contributed by atoms with Crippen molar-refractivity contribution in [2.45, 2.75) is 4.90 Å². The molecule has 0 fully saturated rings. The van der Waals surface area contributed by atoms with Crippen molar-refractivity contribution in [3.8, 4) is 6.07 Å². The smallest absolute Gasteiger partial charge is 0.337 e. The van der Waals surface area contributed by atoms with E-state index in [0.29, 0.717) is 10.0 Å². The number of halogens is 1. The Morgan fingerprint density at radius 3 is 2.48 bits per heavy atom. The summed E-state index contributed by atoms with van der Waals surface area (Å²) in [6.07, 6.45) is 3.41. The molecule has 2 rings (SSSR count). The number of carbonyl (C=O) groups is 2. The number of nitriles is 1. The van der Waals surface area contributed by atoms with Crippen LogP contribution in [0.5, 0.6) is 0 Å². The zero-order valence-electron chi connectivity index (χ0n) is 13.1. The number of nitrogens with zero attached hydrogens (tertiary/aromatic N) is 1. The van der Waals surface area contributed by atoms with Crippen LogP contribution in [0.25, 0.3) is 6.08 Å². The highest BCUT2D eigenvalue weighted by molar-refractivity contribution is 9.10. The monoisotopic (exact) mass is 416 g/mol. The summed E-state index contributed by atoms with van der Waals surface area (Å²) in [6, 6.07) is 13.7. The van der Waals surface area contributed by atoms with Gasteiger partial charge in [0.15, 0.2) is 0 Å². The minimum atomic E-state index is -1.17. The number of carboxylic acids is 1. The molecular weight excluding hydrogens is 404 g/mol. The van der Waals surface area contributed by atoms with Gasteiger partial charge in [0.2, 0.25) is 0 Å². The molecular formula is C18H13BrN2O3S. The van der Waals surface area contributed by atoms with Crippen LogP contribution >= 0.6 is 27.7 Å². The first-order valence-electron chi connectivity index (χ1n) is 7.04. The maximum absolute atomic E-state index is 12.3. The third kappa shape index (κ3) is 4.95. The van der Waals surface area contributed by atoms with Crippen LogP contribution in [0.15, 0.2) is 57.4 Å². The van der Waals surface area contributed by atoms with Crippen LogP contribution in [0.4, 0.5) is 5.69 Å². The normalized spacial score (nSPS) is 10.8. The molecule has 5 nitrogen and oxygen atoms in total. The molecule has 126 valence electrons. The molecule has 0 atom stereocenters. The van der Waals surface area contributed by atoms with Gasteiger partial charge < -0.3 is 10.4 Å². The quantitative estimate of drug-likeness (QED) is 0.427. The third-order valence-electron chi connectivity index (χ3n) is 3.25. The van der Waals surface area contributed by atoms with Crippen molar-refractivity contribution in [1.29, 1.82) is 5.26 Å². The van der Waals surface area contributed by atoms with Gasteiger partial charge in [-0.05, 0) is 48.2 Å². The summed E-state index contributed by atoms with van der Waals surface area (Å²) in [5.41, 5.74) is 0.652. The van der Waals surface area contributed by atoms with Crippen molar-refractivity contribution < 1.29 is 14.7 Å².